The Balaban J connectivity index is 2.52. The molecule has 0 saturated carbocycles. The second kappa shape index (κ2) is 3.66. The Morgan fingerprint density at radius 2 is 2.20 bits per heavy atom. The van der Waals surface area contributed by atoms with Gasteiger partial charge in [-0.1, -0.05) is 12.2 Å². The summed E-state index contributed by atoms with van der Waals surface area (Å²) in [7, 11) is 1.92. The minimum atomic E-state index is 0.347. The number of rotatable bonds is 2. The molecule has 0 amide bonds. The Hall–Kier alpha value is -1.36. The largest absolute Gasteiger partial charge is 0.295 e. The van der Waals surface area contributed by atoms with Gasteiger partial charge < -0.3 is 0 Å². The SMILES string of the molecule is CC(C)n1[nH]c(-c2ccnn2C)cc1=S. The van der Waals surface area contributed by atoms with Crippen molar-refractivity contribution in [1.29, 1.82) is 0 Å². The van der Waals surface area contributed by atoms with Crippen LogP contribution in [0.3, 0.4) is 0 Å². The molecule has 4 nitrogen and oxygen atoms in total. The van der Waals surface area contributed by atoms with Gasteiger partial charge in [0, 0.05) is 25.4 Å². The second-order valence-corrected chi connectivity index (χ2v) is 4.23. The maximum Gasteiger partial charge on any atom is 0.122 e. The summed E-state index contributed by atoms with van der Waals surface area (Å²) in [5, 5.41) is 7.41. The molecule has 0 aromatic carbocycles. The van der Waals surface area contributed by atoms with Crippen molar-refractivity contribution in [3.63, 3.8) is 0 Å². The number of aromatic nitrogens is 4. The zero-order chi connectivity index (χ0) is 11.0. The molecule has 0 aliphatic heterocycles. The molecule has 0 fully saturated rings. The predicted octanol–water partition coefficient (Wildman–Crippen LogP) is 2.53. The molecule has 5 heteroatoms. The van der Waals surface area contributed by atoms with Gasteiger partial charge in [-0.15, -0.1) is 0 Å². The first kappa shape index (κ1) is 10.2. The van der Waals surface area contributed by atoms with Crippen LogP contribution in [0.2, 0.25) is 0 Å². The summed E-state index contributed by atoms with van der Waals surface area (Å²) >= 11 is 5.27. The Morgan fingerprint density at radius 1 is 1.47 bits per heavy atom. The zero-order valence-electron chi connectivity index (χ0n) is 9.06. The Bertz CT molecular complexity index is 518. The fourth-order valence-electron chi connectivity index (χ4n) is 1.56. The van der Waals surface area contributed by atoms with Crippen LogP contribution in [0.5, 0.6) is 0 Å². The van der Waals surface area contributed by atoms with E-state index in [4.69, 9.17) is 12.2 Å². The molecule has 0 aliphatic rings. The molecule has 15 heavy (non-hydrogen) atoms. The minimum Gasteiger partial charge on any atom is -0.295 e. The van der Waals surface area contributed by atoms with Gasteiger partial charge in [-0.2, -0.15) is 5.10 Å². The molecule has 0 spiro atoms. The van der Waals surface area contributed by atoms with Gasteiger partial charge in [0.1, 0.15) is 4.64 Å². The molecule has 2 heterocycles. The third kappa shape index (κ3) is 1.74. The van der Waals surface area contributed by atoms with Crippen molar-refractivity contribution in [3.05, 3.63) is 23.0 Å². The highest BCUT2D eigenvalue weighted by atomic mass is 32.1. The first-order chi connectivity index (χ1) is 7.09. The standard InChI is InChI=1S/C10H14N4S/c1-7(2)14-10(15)6-8(12-14)9-4-5-11-13(9)3/h4-7,12H,1-3H3. The molecule has 2 rings (SSSR count). The first-order valence-corrected chi connectivity index (χ1v) is 5.30. The lowest BCUT2D eigenvalue weighted by Crippen LogP contribution is -2.03. The van der Waals surface area contributed by atoms with Crippen LogP contribution in [0.15, 0.2) is 18.3 Å². The number of nitrogens with zero attached hydrogens (tertiary/aromatic N) is 3. The summed E-state index contributed by atoms with van der Waals surface area (Å²) in [6, 6.07) is 4.27. The Morgan fingerprint density at radius 3 is 2.67 bits per heavy atom. The highest BCUT2D eigenvalue weighted by Gasteiger charge is 2.07. The lowest BCUT2D eigenvalue weighted by molar-refractivity contribution is 0.527. The molecule has 0 atom stereocenters. The zero-order valence-corrected chi connectivity index (χ0v) is 9.88. The monoisotopic (exact) mass is 222 g/mol. The number of nitrogens with one attached hydrogen (secondary N) is 1. The Labute approximate surface area is 93.5 Å². The van der Waals surface area contributed by atoms with Crippen LogP contribution < -0.4 is 0 Å². The molecule has 0 radical (unpaired) electrons. The van der Waals surface area contributed by atoms with Gasteiger partial charge in [-0.05, 0) is 19.9 Å². The van der Waals surface area contributed by atoms with E-state index >= 15 is 0 Å². The molecule has 0 unspecified atom stereocenters. The van der Waals surface area contributed by atoms with Crippen molar-refractivity contribution < 1.29 is 0 Å². The average Bonchev–Trinajstić information content (AvgIpc) is 2.71. The number of H-pyrrole nitrogens is 1. The van der Waals surface area contributed by atoms with E-state index in [9.17, 15) is 0 Å². The van der Waals surface area contributed by atoms with Crippen LogP contribution in [0.1, 0.15) is 19.9 Å². The number of aryl methyl sites for hydroxylation is 1. The fourth-order valence-corrected chi connectivity index (χ4v) is 1.94. The molecule has 0 bridgehead atoms. The van der Waals surface area contributed by atoms with E-state index in [1.807, 2.05) is 28.5 Å². The second-order valence-electron chi connectivity index (χ2n) is 3.81. The van der Waals surface area contributed by atoms with Crippen LogP contribution in [-0.2, 0) is 7.05 Å². The summed E-state index contributed by atoms with van der Waals surface area (Å²) in [4.78, 5) is 0. The van der Waals surface area contributed by atoms with Crippen LogP contribution >= 0.6 is 12.2 Å². The maximum absolute atomic E-state index is 5.27. The highest BCUT2D eigenvalue weighted by molar-refractivity contribution is 7.71. The van der Waals surface area contributed by atoms with Crippen molar-refractivity contribution in [1.82, 2.24) is 19.6 Å². The third-order valence-corrected chi connectivity index (χ3v) is 2.67. The average molecular weight is 222 g/mol. The van der Waals surface area contributed by atoms with Gasteiger partial charge in [0.05, 0.1) is 11.4 Å². The van der Waals surface area contributed by atoms with E-state index < -0.39 is 0 Å². The van der Waals surface area contributed by atoms with Gasteiger partial charge in [0.15, 0.2) is 0 Å². The lowest BCUT2D eigenvalue weighted by Gasteiger charge is -2.06. The number of hydrogen-bond acceptors (Lipinski definition) is 2. The van der Waals surface area contributed by atoms with Gasteiger partial charge in [0.2, 0.25) is 0 Å². The summed E-state index contributed by atoms with van der Waals surface area (Å²) in [6.45, 7) is 4.19. The topological polar surface area (TPSA) is 38.5 Å². The van der Waals surface area contributed by atoms with Crippen molar-refractivity contribution >= 4 is 12.2 Å². The minimum absolute atomic E-state index is 0.347. The van der Waals surface area contributed by atoms with Crippen molar-refractivity contribution in [2.24, 2.45) is 7.05 Å². The molecular formula is C10H14N4S. The number of aromatic amines is 1. The first-order valence-electron chi connectivity index (χ1n) is 4.89. The summed E-state index contributed by atoms with van der Waals surface area (Å²) < 4.78 is 4.62. The summed E-state index contributed by atoms with van der Waals surface area (Å²) in [5.41, 5.74) is 2.05. The smallest absolute Gasteiger partial charge is 0.122 e. The van der Waals surface area contributed by atoms with Gasteiger partial charge in [0.25, 0.3) is 0 Å². The van der Waals surface area contributed by atoms with E-state index in [1.54, 1.807) is 6.20 Å². The van der Waals surface area contributed by atoms with E-state index in [0.717, 1.165) is 16.0 Å². The fraction of sp³-hybridized carbons (Fsp3) is 0.400. The third-order valence-electron chi connectivity index (χ3n) is 2.36. The normalized spacial score (nSPS) is 11.2. The molecule has 80 valence electrons. The highest BCUT2D eigenvalue weighted by Crippen LogP contribution is 2.18. The van der Waals surface area contributed by atoms with Crippen LogP contribution in [0.25, 0.3) is 11.4 Å². The van der Waals surface area contributed by atoms with Gasteiger partial charge >= 0.3 is 0 Å². The lowest BCUT2D eigenvalue weighted by atomic mass is 10.3. The summed E-state index contributed by atoms with van der Waals surface area (Å²) in [6.07, 6.45) is 1.78. The van der Waals surface area contributed by atoms with E-state index in [2.05, 4.69) is 24.0 Å². The molecule has 1 N–H and O–H groups in total. The summed E-state index contributed by atoms with van der Waals surface area (Å²) in [5.74, 6) is 0. The number of hydrogen-bond donors (Lipinski definition) is 1. The van der Waals surface area contributed by atoms with E-state index in [0.29, 0.717) is 6.04 Å². The molecule has 2 aromatic heterocycles. The van der Waals surface area contributed by atoms with Crippen LogP contribution in [-0.4, -0.2) is 19.6 Å². The molecule has 0 aliphatic carbocycles. The molecule has 0 saturated heterocycles. The van der Waals surface area contributed by atoms with Gasteiger partial charge in [-0.25, -0.2) is 0 Å². The Kier molecular flexibility index (Phi) is 2.48. The van der Waals surface area contributed by atoms with Crippen molar-refractivity contribution in [2.75, 3.05) is 0 Å². The van der Waals surface area contributed by atoms with Crippen molar-refractivity contribution in [3.8, 4) is 11.4 Å². The predicted molar refractivity (Wildman–Crippen MR) is 62.2 cm³/mol. The van der Waals surface area contributed by atoms with Gasteiger partial charge in [-0.3, -0.25) is 14.5 Å². The molecule has 2 aromatic rings. The maximum atomic E-state index is 5.27. The van der Waals surface area contributed by atoms with Crippen LogP contribution in [0.4, 0.5) is 0 Å². The van der Waals surface area contributed by atoms with E-state index in [-0.39, 0.29) is 0 Å². The molecular weight excluding hydrogens is 208 g/mol. The van der Waals surface area contributed by atoms with E-state index in [1.165, 1.54) is 0 Å². The van der Waals surface area contributed by atoms with Crippen molar-refractivity contribution in [2.45, 2.75) is 19.9 Å². The quantitative estimate of drug-likeness (QED) is 0.793. The van der Waals surface area contributed by atoms with Crippen LogP contribution in [0, 0.1) is 4.64 Å².